The van der Waals surface area contributed by atoms with Crippen LogP contribution in [0.5, 0.6) is 0 Å². The van der Waals surface area contributed by atoms with Crippen molar-refractivity contribution in [3.8, 4) is 0 Å². The molecule has 1 aliphatic rings. The summed E-state index contributed by atoms with van der Waals surface area (Å²) >= 11 is 0. The maximum atomic E-state index is 12.4. The van der Waals surface area contributed by atoms with Crippen molar-refractivity contribution in [2.75, 3.05) is 26.2 Å². The zero-order chi connectivity index (χ0) is 16.1. The van der Waals surface area contributed by atoms with Crippen LogP contribution in [-0.4, -0.2) is 56.9 Å². The Hall–Kier alpha value is -2.21. The molecule has 1 aromatic carbocycles. The lowest BCUT2D eigenvalue weighted by atomic mass is 10.1. The maximum Gasteiger partial charge on any atom is 0.244 e. The number of hydrogen-bond donors (Lipinski definition) is 0. The predicted octanol–water partition coefficient (Wildman–Crippen LogP) is 1.32. The Balaban J connectivity index is 1.54. The van der Waals surface area contributed by atoms with Gasteiger partial charge in [0, 0.05) is 38.9 Å². The topological polar surface area (TPSA) is 54.3 Å². The summed E-state index contributed by atoms with van der Waals surface area (Å²) in [5.74, 6) is 0.119. The molecule has 23 heavy (non-hydrogen) atoms. The number of rotatable bonds is 4. The fourth-order valence-corrected chi connectivity index (χ4v) is 2.96. The van der Waals surface area contributed by atoms with Gasteiger partial charge in [0.25, 0.3) is 0 Å². The number of hydrogen-bond acceptors (Lipinski definition) is 4. The number of nitrogens with zero attached hydrogens (tertiary/aromatic N) is 5. The number of aromatic nitrogens is 3. The zero-order valence-electron chi connectivity index (χ0n) is 13.6. The van der Waals surface area contributed by atoms with Crippen molar-refractivity contribution >= 4 is 5.91 Å². The van der Waals surface area contributed by atoms with E-state index in [1.165, 1.54) is 11.1 Å². The fourth-order valence-electron chi connectivity index (χ4n) is 2.96. The molecule has 6 nitrogen and oxygen atoms in total. The number of aryl methyl sites for hydroxylation is 1. The summed E-state index contributed by atoms with van der Waals surface area (Å²) < 4.78 is 1.58. The van der Waals surface area contributed by atoms with E-state index in [0.29, 0.717) is 0 Å². The zero-order valence-corrected chi connectivity index (χ0v) is 13.6. The van der Waals surface area contributed by atoms with Crippen molar-refractivity contribution in [3.63, 3.8) is 0 Å². The highest BCUT2D eigenvalue weighted by molar-refractivity contribution is 5.75. The van der Waals surface area contributed by atoms with Gasteiger partial charge in [0.05, 0.1) is 6.20 Å². The third-order valence-corrected chi connectivity index (χ3v) is 4.37. The van der Waals surface area contributed by atoms with E-state index in [4.69, 9.17) is 0 Å². The molecule has 1 saturated heterocycles. The highest BCUT2D eigenvalue weighted by atomic mass is 16.2. The molecule has 1 fully saturated rings. The summed E-state index contributed by atoms with van der Waals surface area (Å²) in [6, 6.07) is 8.51. The molecule has 6 heteroatoms. The van der Waals surface area contributed by atoms with Crippen molar-refractivity contribution in [2.24, 2.45) is 0 Å². The Labute approximate surface area is 136 Å². The van der Waals surface area contributed by atoms with Crippen LogP contribution in [0.25, 0.3) is 0 Å². The van der Waals surface area contributed by atoms with Crippen LogP contribution in [0.1, 0.15) is 17.5 Å². The van der Waals surface area contributed by atoms with Crippen LogP contribution in [0.4, 0.5) is 0 Å². The van der Waals surface area contributed by atoms with Crippen LogP contribution in [0.2, 0.25) is 0 Å². The minimum absolute atomic E-state index is 0.119. The molecular weight excluding hydrogens is 290 g/mol. The quantitative estimate of drug-likeness (QED) is 0.854. The predicted molar refractivity (Wildman–Crippen MR) is 87.7 cm³/mol. The van der Waals surface area contributed by atoms with Crippen molar-refractivity contribution in [2.45, 2.75) is 26.4 Å². The first-order valence-corrected chi connectivity index (χ1v) is 8.11. The van der Waals surface area contributed by atoms with Crippen molar-refractivity contribution in [3.05, 3.63) is 47.8 Å². The highest BCUT2D eigenvalue weighted by Gasteiger charge is 2.19. The van der Waals surface area contributed by atoms with Gasteiger partial charge in [0.1, 0.15) is 6.54 Å². The number of carbonyl (C=O) groups excluding carboxylic acids is 1. The minimum atomic E-state index is 0.119. The van der Waals surface area contributed by atoms with Gasteiger partial charge in [0.15, 0.2) is 0 Å². The maximum absolute atomic E-state index is 12.4. The van der Waals surface area contributed by atoms with Crippen LogP contribution in [0.3, 0.4) is 0 Å². The lowest BCUT2D eigenvalue weighted by Crippen LogP contribution is -2.37. The molecule has 2 aromatic rings. The van der Waals surface area contributed by atoms with E-state index in [-0.39, 0.29) is 12.5 Å². The molecule has 0 spiro atoms. The molecule has 0 radical (unpaired) electrons. The molecular formula is C17H23N5O. The Morgan fingerprint density at radius 3 is 2.83 bits per heavy atom. The van der Waals surface area contributed by atoms with Gasteiger partial charge in [-0.05, 0) is 24.5 Å². The third kappa shape index (κ3) is 4.16. The Morgan fingerprint density at radius 1 is 1.17 bits per heavy atom. The second kappa shape index (κ2) is 7.37. The molecule has 122 valence electrons. The molecule has 1 aliphatic heterocycles. The Kier molecular flexibility index (Phi) is 5.02. The van der Waals surface area contributed by atoms with E-state index in [2.05, 4.69) is 46.4 Å². The summed E-state index contributed by atoms with van der Waals surface area (Å²) in [4.78, 5) is 16.7. The number of benzene rings is 1. The van der Waals surface area contributed by atoms with Crippen LogP contribution in [0, 0.1) is 6.92 Å². The van der Waals surface area contributed by atoms with Gasteiger partial charge in [0.2, 0.25) is 5.91 Å². The smallest absolute Gasteiger partial charge is 0.244 e. The summed E-state index contributed by atoms with van der Waals surface area (Å²) in [5.41, 5.74) is 2.70. The van der Waals surface area contributed by atoms with Gasteiger partial charge in [-0.1, -0.05) is 29.5 Å². The summed E-state index contributed by atoms with van der Waals surface area (Å²) in [7, 11) is 0. The van der Waals surface area contributed by atoms with Crippen molar-refractivity contribution < 1.29 is 4.79 Å². The summed E-state index contributed by atoms with van der Waals surface area (Å²) in [6.45, 7) is 6.92. The molecule has 1 aromatic heterocycles. The van der Waals surface area contributed by atoms with Crippen molar-refractivity contribution in [1.29, 1.82) is 0 Å². The molecule has 0 aliphatic carbocycles. The molecule has 1 amide bonds. The summed E-state index contributed by atoms with van der Waals surface area (Å²) in [6.07, 6.45) is 4.33. The van der Waals surface area contributed by atoms with E-state index >= 15 is 0 Å². The Morgan fingerprint density at radius 2 is 2.04 bits per heavy atom. The third-order valence-electron chi connectivity index (χ3n) is 4.37. The fraction of sp³-hybridized carbons (Fsp3) is 0.471. The van der Waals surface area contributed by atoms with Crippen molar-refractivity contribution in [1.82, 2.24) is 24.8 Å². The van der Waals surface area contributed by atoms with Gasteiger partial charge in [-0.3, -0.25) is 9.69 Å². The molecule has 3 rings (SSSR count). The molecule has 2 heterocycles. The van der Waals surface area contributed by atoms with E-state index in [0.717, 1.165) is 39.1 Å². The first-order chi connectivity index (χ1) is 11.2. The lowest BCUT2D eigenvalue weighted by molar-refractivity contribution is -0.131. The standard InChI is InChI=1S/C17H23N5O/c1-15-5-2-3-6-16(15)13-20-8-4-9-21(12-11-20)17(23)14-22-10-7-18-19-22/h2-3,5-7,10H,4,8-9,11-14H2,1H3. The van der Waals surface area contributed by atoms with Crippen LogP contribution < -0.4 is 0 Å². The van der Waals surface area contributed by atoms with E-state index < -0.39 is 0 Å². The van der Waals surface area contributed by atoms with Gasteiger partial charge < -0.3 is 4.90 Å². The lowest BCUT2D eigenvalue weighted by Gasteiger charge is -2.22. The van der Waals surface area contributed by atoms with Gasteiger partial charge >= 0.3 is 0 Å². The summed E-state index contributed by atoms with van der Waals surface area (Å²) in [5, 5.41) is 7.60. The van der Waals surface area contributed by atoms with Crippen LogP contribution in [0.15, 0.2) is 36.7 Å². The molecule has 0 N–H and O–H groups in total. The average molecular weight is 313 g/mol. The Bertz CT molecular complexity index is 640. The van der Waals surface area contributed by atoms with Gasteiger partial charge in [-0.2, -0.15) is 0 Å². The van der Waals surface area contributed by atoms with E-state index in [9.17, 15) is 4.79 Å². The van der Waals surface area contributed by atoms with Crippen LogP contribution >= 0.6 is 0 Å². The SMILES string of the molecule is Cc1ccccc1CN1CCCN(C(=O)Cn2ccnn2)CC1. The van der Waals surface area contributed by atoms with Gasteiger partial charge in [-0.15, -0.1) is 5.10 Å². The second-order valence-electron chi connectivity index (χ2n) is 6.04. The van der Waals surface area contributed by atoms with Crippen LogP contribution in [-0.2, 0) is 17.9 Å². The van der Waals surface area contributed by atoms with Gasteiger partial charge in [-0.25, -0.2) is 4.68 Å². The number of carbonyl (C=O) groups is 1. The molecule has 0 bridgehead atoms. The normalized spacial score (nSPS) is 16.3. The molecule has 0 atom stereocenters. The van der Waals surface area contributed by atoms with E-state index in [1.54, 1.807) is 17.1 Å². The number of amides is 1. The monoisotopic (exact) mass is 313 g/mol. The second-order valence-corrected chi connectivity index (χ2v) is 6.04. The first-order valence-electron chi connectivity index (χ1n) is 8.11. The minimum Gasteiger partial charge on any atom is -0.340 e. The largest absolute Gasteiger partial charge is 0.340 e. The van der Waals surface area contributed by atoms with E-state index in [1.807, 2.05) is 4.90 Å². The molecule has 0 saturated carbocycles. The highest BCUT2D eigenvalue weighted by Crippen LogP contribution is 2.13. The molecule has 0 unspecified atom stereocenters. The average Bonchev–Trinajstić information content (AvgIpc) is 2.94. The first kappa shape index (κ1) is 15.7.